The molecule has 0 saturated carbocycles. The molecular weight excluding hydrogens is 512 g/mol. The van der Waals surface area contributed by atoms with Crippen molar-refractivity contribution in [2.24, 2.45) is 5.41 Å². The van der Waals surface area contributed by atoms with Gasteiger partial charge in [0.25, 0.3) is 5.41 Å². The van der Waals surface area contributed by atoms with Crippen molar-refractivity contribution in [2.75, 3.05) is 0 Å². The van der Waals surface area contributed by atoms with Crippen molar-refractivity contribution in [3.8, 4) is 0 Å². The lowest BCUT2D eigenvalue weighted by Gasteiger charge is -2.51. The first kappa shape index (κ1) is 27.4. The minimum absolute atomic E-state index is 5.68. The molecule has 0 amide bonds. The Labute approximate surface area is 154 Å². The Bertz CT molecular complexity index is 716. The SMILES string of the molecule is FC1=C(C(C(F)(F)F)(C(F)(F)F)C(F)(F)F)C(F)(F)C(F)(F)C(F)(C(F)(F)F)C1(F)F. The summed E-state index contributed by atoms with van der Waals surface area (Å²) in [6.45, 7) is 0. The van der Waals surface area contributed by atoms with Crippen molar-refractivity contribution in [1.29, 1.82) is 0 Å². The topological polar surface area (TPSA) is 0 Å². The van der Waals surface area contributed by atoms with Gasteiger partial charge in [0, 0.05) is 0 Å². The van der Waals surface area contributed by atoms with Gasteiger partial charge in [-0.05, 0) is 0 Å². The second-order valence-corrected chi connectivity index (χ2v) is 5.81. The zero-order valence-electron chi connectivity index (χ0n) is 13.1. The Morgan fingerprint density at radius 1 is 0.484 bits per heavy atom. The number of rotatable bonds is 1. The maximum Gasteiger partial charge on any atom is 0.435 e. The molecule has 0 spiro atoms. The van der Waals surface area contributed by atoms with E-state index in [1.54, 1.807) is 0 Å². The van der Waals surface area contributed by atoms with Crippen LogP contribution in [0, 0.1) is 5.41 Å². The molecule has 184 valence electrons. The van der Waals surface area contributed by atoms with Gasteiger partial charge < -0.3 is 0 Å². The third-order valence-electron chi connectivity index (χ3n) is 4.11. The van der Waals surface area contributed by atoms with Crippen molar-refractivity contribution in [1.82, 2.24) is 0 Å². The molecule has 1 aliphatic rings. The van der Waals surface area contributed by atoms with Crippen LogP contribution in [0.1, 0.15) is 0 Å². The van der Waals surface area contributed by atoms with Crippen LogP contribution >= 0.6 is 0 Å². The highest BCUT2D eigenvalue weighted by molar-refractivity contribution is 5.45. The monoisotopic (exact) mass is 512 g/mol. The summed E-state index contributed by atoms with van der Waals surface area (Å²) in [6.07, 6.45) is -33.3. The Morgan fingerprint density at radius 2 is 0.774 bits per heavy atom. The predicted octanol–water partition coefficient (Wildman–Crippen LogP) is 7.07. The van der Waals surface area contributed by atoms with E-state index < -0.39 is 65.0 Å². The molecule has 1 unspecified atom stereocenters. The van der Waals surface area contributed by atoms with Crippen molar-refractivity contribution >= 4 is 0 Å². The summed E-state index contributed by atoms with van der Waals surface area (Å²) in [4.78, 5) is 0. The van der Waals surface area contributed by atoms with Gasteiger partial charge >= 0.3 is 48.1 Å². The molecule has 0 nitrogen and oxygen atoms in total. The summed E-state index contributed by atoms with van der Waals surface area (Å²) in [7, 11) is 0. The smallest absolute Gasteiger partial charge is 0.219 e. The Balaban J connectivity index is 4.55. The lowest BCUT2D eigenvalue weighted by molar-refractivity contribution is -0.439. The van der Waals surface area contributed by atoms with Gasteiger partial charge in [-0.1, -0.05) is 0 Å². The van der Waals surface area contributed by atoms with Crippen LogP contribution in [-0.4, -0.2) is 48.1 Å². The fourth-order valence-corrected chi connectivity index (χ4v) is 2.68. The van der Waals surface area contributed by atoms with Gasteiger partial charge in [-0.2, -0.15) is 79.0 Å². The summed E-state index contributed by atoms with van der Waals surface area (Å²) in [5.41, 5.74) is -22.8. The van der Waals surface area contributed by atoms with Crippen LogP contribution < -0.4 is 0 Å². The normalized spacial score (nSPS) is 27.5. The van der Waals surface area contributed by atoms with Crippen molar-refractivity contribution in [2.45, 2.75) is 48.1 Å². The largest absolute Gasteiger partial charge is 0.435 e. The van der Waals surface area contributed by atoms with E-state index >= 15 is 0 Å². The molecule has 0 radical (unpaired) electrons. The second kappa shape index (κ2) is 6.22. The predicted molar refractivity (Wildman–Crippen MR) is 53.5 cm³/mol. The molecule has 0 aromatic rings. The molecule has 1 rings (SSSR count). The molecule has 0 bridgehead atoms. The number of hydrogen-bond acceptors (Lipinski definition) is 0. The average Bonchev–Trinajstić information content (AvgIpc) is 2.43. The summed E-state index contributed by atoms with van der Waals surface area (Å²) >= 11 is 0. The highest BCUT2D eigenvalue weighted by Gasteiger charge is 2.99. The summed E-state index contributed by atoms with van der Waals surface area (Å²) in [6, 6.07) is 0. The fraction of sp³-hybridized carbons (Fsp3) is 0.818. The van der Waals surface area contributed by atoms with Crippen molar-refractivity contribution in [3.63, 3.8) is 0 Å². The van der Waals surface area contributed by atoms with E-state index in [1.807, 2.05) is 0 Å². The second-order valence-electron chi connectivity index (χ2n) is 5.81. The number of alkyl halides is 19. The number of halogens is 20. The van der Waals surface area contributed by atoms with Crippen LogP contribution in [0.3, 0.4) is 0 Å². The molecule has 0 fully saturated rings. The number of allylic oxidation sites excluding steroid dienone is 2. The zero-order valence-corrected chi connectivity index (χ0v) is 13.1. The third kappa shape index (κ3) is 2.83. The molecule has 20 heteroatoms. The third-order valence-corrected chi connectivity index (χ3v) is 4.11. The van der Waals surface area contributed by atoms with Gasteiger partial charge in [0.15, 0.2) is 5.83 Å². The van der Waals surface area contributed by atoms with Crippen LogP contribution in [0.2, 0.25) is 0 Å². The van der Waals surface area contributed by atoms with Crippen LogP contribution in [-0.2, 0) is 0 Å². The minimum atomic E-state index is -8.60. The van der Waals surface area contributed by atoms with Gasteiger partial charge in [-0.3, -0.25) is 0 Å². The quantitative estimate of drug-likeness (QED) is 0.330. The lowest BCUT2D eigenvalue weighted by atomic mass is 9.65. The molecule has 1 atom stereocenters. The summed E-state index contributed by atoms with van der Waals surface area (Å²) < 4.78 is 261. The highest BCUT2D eigenvalue weighted by Crippen LogP contribution is 2.74. The maximum absolute atomic E-state index is 13.7. The van der Waals surface area contributed by atoms with Gasteiger partial charge in [0.05, 0.1) is 5.57 Å². The molecule has 0 aromatic carbocycles. The van der Waals surface area contributed by atoms with Crippen molar-refractivity contribution < 1.29 is 87.8 Å². The lowest BCUT2D eigenvalue weighted by Crippen LogP contribution is -2.77. The van der Waals surface area contributed by atoms with Crippen molar-refractivity contribution in [3.05, 3.63) is 11.4 Å². The summed E-state index contributed by atoms with van der Waals surface area (Å²) in [5, 5.41) is 0. The number of hydrogen-bond donors (Lipinski definition) is 0. The zero-order chi connectivity index (χ0) is 25.7. The van der Waals surface area contributed by atoms with E-state index in [0.29, 0.717) is 0 Å². The van der Waals surface area contributed by atoms with E-state index in [4.69, 9.17) is 0 Å². The van der Waals surface area contributed by atoms with Crippen LogP contribution in [0.5, 0.6) is 0 Å². The molecule has 0 N–H and O–H groups in total. The van der Waals surface area contributed by atoms with Crippen LogP contribution in [0.25, 0.3) is 0 Å². The molecule has 1 aliphatic carbocycles. The van der Waals surface area contributed by atoms with E-state index in [1.165, 1.54) is 0 Å². The first-order valence-electron chi connectivity index (χ1n) is 6.53. The standard InChI is InChI=1S/C11F20/c12-2-1(3(8(20,21)22,9(23,24)25)10(26,27)28)4(13,14)7(18,19)6(17,5(2,15)16)11(29,30)31. The Morgan fingerprint density at radius 3 is 1.00 bits per heavy atom. The van der Waals surface area contributed by atoms with Gasteiger partial charge in [-0.15, -0.1) is 0 Å². The Kier molecular flexibility index (Phi) is 5.50. The van der Waals surface area contributed by atoms with Crippen LogP contribution in [0.4, 0.5) is 87.8 Å². The molecule has 0 saturated heterocycles. The van der Waals surface area contributed by atoms with Gasteiger partial charge in [-0.25, -0.2) is 8.78 Å². The Hall–Kier alpha value is -1.66. The molecule has 31 heavy (non-hydrogen) atoms. The average molecular weight is 512 g/mol. The highest BCUT2D eigenvalue weighted by atomic mass is 19.4. The first-order valence-corrected chi connectivity index (χ1v) is 6.53. The van der Waals surface area contributed by atoms with Gasteiger partial charge in [0.2, 0.25) is 0 Å². The molecule has 0 aliphatic heterocycles. The van der Waals surface area contributed by atoms with E-state index in [9.17, 15) is 87.8 Å². The maximum atomic E-state index is 13.7. The van der Waals surface area contributed by atoms with E-state index in [2.05, 4.69) is 0 Å². The molecular formula is C11F20. The molecule has 0 heterocycles. The first-order chi connectivity index (χ1) is 13.0. The molecule has 0 aromatic heterocycles. The minimum Gasteiger partial charge on any atom is -0.219 e. The van der Waals surface area contributed by atoms with Crippen LogP contribution in [0.15, 0.2) is 11.4 Å². The van der Waals surface area contributed by atoms with E-state index in [0.717, 1.165) is 0 Å². The summed E-state index contributed by atoms with van der Waals surface area (Å²) in [5.74, 6) is -30.7. The van der Waals surface area contributed by atoms with E-state index in [-0.39, 0.29) is 0 Å². The fourth-order valence-electron chi connectivity index (χ4n) is 2.68. The van der Waals surface area contributed by atoms with Gasteiger partial charge in [0.1, 0.15) is 0 Å².